The highest BCUT2D eigenvalue weighted by molar-refractivity contribution is 6.05. The van der Waals surface area contributed by atoms with Crippen LogP contribution in [0.2, 0.25) is 0 Å². The standard InChI is InChI=1S/C19H24N4O3/c1-11(13-7-20-8-13)21-9-12-3-2-4-14-15(12)10-23(19(14)26)16-5-6-17(24)22-18(16)25/h2-4,11,13,16,20-21H,5-10H2,1H3,(H,22,24,25)/t11-,16?/m0/s1. The van der Waals surface area contributed by atoms with E-state index in [0.717, 1.165) is 24.2 Å². The summed E-state index contributed by atoms with van der Waals surface area (Å²) < 4.78 is 0. The van der Waals surface area contributed by atoms with Gasteiger partial charge in [-0.05, 0) is 36.5 Å². The van der Waals surface area contributed by atoms with E-state index < -0.39 is 6.04 Å². The van der Waals surface area contributed by atoms with Crippen molar-refractivity contribution in [2.24, 2.45) is 5.92 Å². The van der Waals surface area contributed by atoms with Crippen LogP contribution in [0.15, 0.2) is 18.2 Å². The zero-order valence-corrected chi connectivity index (χ0v) is 14.9. The van der Waals surface area contributed by atoms with E-state index in [1.165, 1.54) is 0 Å². The Kier molecular flexibility index (Phi) is 4.50. The summed E-state index contributed by atoms with van der Waals surface area (Å²) >= 11 is 0. The molecule has 0 spiro atoms. The predicted molar refractivity (Wildman–Crippen MR) is 95.1 cm³/mol. The van der Waals surface area contributed by atoms with Crippen LogP contribution in [0.25, 0.3) is 0 Å². The molecule has 0 aromatic heterocycles. The second kappa shape index (κ2) is 6.81. The van der Waals surface area contributed by atoms with Crippen LogP contribution < -0.4 is 16.0 Å². The maximum Gasteiger partial charge on any atom is 0.255 e. The van der Waals surface area contributed by atoms with Gasteiger partial charge in [0.25, 0.3) is 5.91 Å². The van der Waals surface area contributed by atoms with Gasteiger partial charge in [0, 0.05) is 44.2 Å². The minimum absolute atomic E-state index is 0.118. The number of fused-ring (bicyclic) bond motifs is 1. The van der Waals surface area contributed by atoms with Crippen molar-refractivity contribution in [3.05, 3.63) is 34.9 Å². The average Bonchev–Trinajstić information content (AvgIpc) is 2.89. The quantitative estimate of drug-likeness (QED) is 0.653. The van der Waals surface area contributed by atoms with Crippen LogP contribution in [0.4, 0.5) is 0 Å². The number of hydrogen-bond acceptors (Lipinski definition) is 5. The van der Waals surface area contributed by atoms with E-state index in [0.29, 0.717) is 37.0 Å². The molecule has 3 aliphatic heterocycles. The molecular weight excluding hydrogens is 332 g/mol. The van der Waals surface area contributed by atoms with E-state index >= 15 is 0 Å². The Labute approximate surface area is 152 Å². The van der Waals surface area contributed by atoms with Crippen molar-refractivity contribution in [3.8, 4) is 0 Å². The molecule has 0 bridgehead atoms. The van der Waals surface area contributed by atoms with Crippen LogP contribution in [0.5, 0.6) is 0 Å². The van der Waals surface area contributed by atoms with Gasteiger partial charge >= 0.3 is 0 Å². The summed E-state index contributed by atoms with van der Waals surface area (Å²) in [4.78, 5) is 37.9. The van der Waals surface area contributed by atoms with Gasteiger partial charge in [0.1, 0.15) is 6.04 Å². The summed E-state index contributed by atoms with van der Waals surface area (Å²) in [5, 5.41) is 9.19. The van der Waals surface area contributed by atoms with Crippen LogP contribution in [-0.2, 0) is 22.7 Å². The second-order valence-corrected chi connectivity index (χ2v) is 7.43. The van der Waals surface area contributed by atoms with E-state index in [1.54, 1.807) is 4.90 Å². The second-order valence-electron chi connectivity index (χ2n) is 7.43. The van der Waals surface area contributed by atoms with Crippen molar-refractivity contribution in [1.29, 1.82) is 0 Å². The molecule has 0 radical (unpaired) electrons. The Hall–Kier alpha value is -2.25. The lowest BCUT2D eigenvalue weighted by molar-refractivity contribution is -0.136. The summed E-state index contributed by atoms with van der Waals surface area (Å²) in [5.41, 5.74) is 2.77. The fraction of sp³-hybridized carbons (Fsp3) is 0.526. The lowest BCUT2D eigenvalue weighted by Crippen LogP contribution is -2.52. The molecule has 0 saturated carbocycles. The Morgan fingerprint density at radius 1 is 1.27 bits per heavy atom. The summed E-state index contributed by atoms with van der Waals surface area (Å²) in [6.45, 7) is 5.41. The monoisotopic (exact) mass is 356 g/mol. The molecule has 2 fully saturated rings. The van der Waals surface area contributed by atoms with Crippen LogP contribution in [0.3, 0.4) is 0 Å². The zero-order chi connectivity index (χ0) is 18.3. The largest absolute Gasteiger partial charge is 0.322 e. The van der Waals surface area contributed by atoms with Crippen molar-refractivity contribution in [2.45, 2.75) is 44.9 Å². The molecule has 3 heterocycles. The molecule has 26 heavy (non-hydrogen) atoms. The average molecular weight is 356 g/mol. The van der Waals surface area contributed by atoms with Gasteiger partial charge < -0.3 is 15.5 Å². The number of carbonyl (C=O) groups excluding carboxylic acids is 3. The van der Waals surface area contributed by atoms with Gasteiger partial charge in [-0.2, -0.15) is 0 Å². The number of imide groups is 1. The van der Waals surface area contributed by atoms with E-state index in [1.807, 2.05) is 18.2 Å². The number of benzene rings is 1. The third-order valence-corrected chi connectivity index (χ3v) is 5.81. The highest BCUT2D eigenvalue weighted by Crippen LogP contribution is 2.30. The molecular formula is C19H24N4O3. The predicted octanol–water partition coefficient (Wildman–Crippen LogP) is 0.145. The molecule has 2 atom stereocenters. The fourth-order valence-electron chi connectivity index (χ4n) is 3.92. The smallest absolute Gasteiger partial charge is 0.255 e. The number of piperidine rings is 1. The normalized spacial score (nSPS) is 24.3. The molecule has 1 unspecified atom stereocenters. The molecule has 7 nitrogen and oxygen atoms in total. The van der Waals surface area contributed by atoms with Crippen molar-refractivity contribution in [2.75, 3.05) is 13.1 Å². The highest BCUT2D eigenvalue weighted by Gasteiger charge is 2.39. The van der Waals surface area contributed by atoms with Crippen LogP contribution in [-0.4, -0.2) is 47.8 Å². The molecule has 1 aromatic rings. The lowest BCUT2D eigenvalue weighted by Gasteiger charge is -2.33. The topological polar surface area (TPSA) is 90.5 Å². The number of nitrogens with zero attached hydrogens (tertiary/aromatic N) is 1. The first-order valence-electron chi connectivity index (χ1n) is 9.24. The first kappa shape index (κ1) is 17.2. The summed E-state index contributed by atoms with van der Waals surface area (Å²) in [6, 6.07) is 5.62. The summed E-state index contributed by atoms with van der Waals surface area (Å²) in [6.07, 6.45) is 0.668. The van der Waals surface area contributed by atoms with E-state index in [-0.39, 0.29) is 24.1 Å². The molecule has 4 rings (SSSR count). The Bertz CT molecular complexity index is 759. The summed E-state index contributed by atoms with van der Waals surface area (Å²) in [7, 11) is 0. The lowest BCUT2D eigenvalue weighted by atomic mass is 9.95. The Balaban J connectivity index is 1.48. The first-order chi connectivity index (χ1) is 12.5. The van der Waals surface area contributed by atoms with Gasteiger partial charge in [0.2, 0.25) is 11.8 Å². The number of rotatable bonds is 5. The van der Waals surface area contributed by atoms with Crippen LogP contribution >= 0.6 is 0 Å². The van der Waals surface area contributed by atoms with Gasteiger partial charge in [-0.1, -0.05) is 12.1 Å². The molecule has 3 N–H and O–H groups in total. The minimum atomic E-state index is -0.562. The Morgan fingerprint density at radius 3 is 2.77 bits per heavy atom. The van der Waals surface area contributed by atoms with Gasteiger partial charge in [0.15, 0.2) is 0 Å². The van der Waals surface area contributed by atoms with Crippen molar-refractivity contribution >= 4 is 17.7 Å². The minimum Gasteiger partial charge on any atom is -0.322 e. The van der Waals surface area contributed by atoms with Gasteiger partial charge in [0.05, 0.1) is 0 Å². The first-order valence-corrected chi connectivity index (χ1v) is 9.24. The van der Waals surface area contributed by atoms with E-state index in [4.69, 9.17) is 0 Å². The van der Waals surface area contributed by atoms with E-state index in [2.05, 4.69) is 22.9 Å². The van der Waals surface area contributed by atoms with Gasteiger partial charge in [-0.15, -0.1) is 0 Å². The van der Waals surface area contributed by atoms with Gasteiger partial charge in [-0.3, -0.25) is 19.7 Å². The number of hydrogen-bond donors (Lipinski definition) is 3. The number of carbonyl (C=O) groups is 3. The number of nitrogens with one attached hydrogen (secondary N) is 3. The van der Waals surface area contributed by atoms with E-state index in [9.17, 15) is 14.4 Å². The molecule has 3 amide bonds. The molecule has 2 saturated heterocycles. The fourth-order valence-corrected chi connectivity index (χ4v) is 3.92. The highest BCUT2D eigenvalue weighted by atomic mass is 16.2. The van der Waals surface area contributed by atoms with Crippen molar-refractivity contribution in [3.63, 3.8) is 0 Å². The zero-order valence-electron chi connectivity index (χ0n) is 14.9. The maximum atomic E-state index is 12.8. The molecule has 0 aliphatic carbocycles. The Morgan fingerprint density at radius 2 is 2.08 bits per heavy atom. The molecule has 138 valence electrons. The molecule has 7 heteroatoms. The maximum absolute atomic E-state index is 12.8. The third-order valence-electron chi connectivity index (χ3n) is 5.81. The summed E-state index contributed by atoms with van der Waals surface area (Å²) in [5.74, 6) is -0.103. The molecule has 1 aromatic carbocycles. The van der Waals surface area contributed by atoms with Gasteiger partial charge in [-0.25, -0.2) is 0 Å². The SMILES string of the molecule is C[C@H](NCc1cccc2c1CN(C1CCC(=O)NC1=O)C2=O)C1CNC1. The van der Waals surface area contributed by atoms with Crippen molar-refractivity contribution < 1.29 is 14.4 Å². The molecule has 3 aliphatic rings. The van der Waals surface area contributed by atoms with Crippen molar-refractivity contribution in [1.82, 2.24) is 20.9 Å². The number of amides is 3. The van der Waals surface area contributed by atoms with Crippen LogP contribution in [0.1, 0.15) is 41.3 Å². The van der Waals surface area contributed by atoms with Crippen LogP contribution in [0, 0.1) is 5.92 Å². The third kappa shape index (κ3) is 3.01.